The lowest BCUT2D eigenvalue weighted by molar-refractivity contribution is -0.144. The van der Waals surface area contributed by atoms with E-state index in [1.807, 2.05) is 6.92 Å². The molecule has 0 bridgehead atoms. The molecular formula is C25H48N4O6. The zero-order valence-corrected chi connectivity index (χ0v) is 22.4. The Morgan fingerprint density at radius 2 is 1.66 bits per heavy atom. The number of unbranched alkanes of at least 4 members (excludes halogenated alkanes) is 1. The normalized spacial score (nSPS) is 15.6. The van der Waals surface area contributed by atoms with Gasteiger partial charge in [0.05, 0.1) is 26.6 Å². The van der Waals surface area contributed by atoms with E-state index in [9.17, 15) is 14.4 Å². The number of carbonyl (C=O) groups excluding carboxylic acids is 3. The minimum Gasteiger partial charge on any atom is -0.469 e. The van der Waals surface area contributed by atoms with Crippen molar-refractivity contribution in [1.29, 1.82) is 0 Å². The number of carbonyl (C=O) groups is 3. The molecule has 1 aliphatic heterocycles. The molecule has 1 atom stereocenters. The van der Waals surface area contributed by atoms with E-state index < -0.39 is 0 Å². The van der Waals surface area contributed by atoms with Gasteiger partial charge in [0.2, 0.25) is 0 Å². The van der Waals surface area contributed by atoms with E-state index in [0.717, 1.165) is 58.5 Å². The summed E-state index contributed by atoms with van der Waals surface area (Å²) in [4.78, 5) is 42.4. The van der Waals surface area contributed by atoms with Crippen molar-refractivity contribution < 1.29 is 28.6 Å². The Labute approximate surface area is 211 Å². The number of rotatable bonds is 18. The number of nitrogens with zero attached hydrogens (tertiary/aromatic N) is 3. The number of ether oxygens (including phenoxy) is 3. The van der Waals surface area contributed by atoms with Gasteiger partial charge in [-0.05, 0) is 32.7 Å². The van der Waals surface area contributed by atoms with Gasteiger partial charge in [-0.1, -0.05) is 20.3 Å². The molecule has 10 nitrogen and oxygen atoms in total. The van der Waals surface area contributed by atoms with Gasteiger partial charge in [-0.3, -0.25) is 14.5 Å². The van der Waals surface area contributed by atoms with Gasteiger partial charge < -0.3 is 29.3 Å². The highest BCUT2D eigenvalue weighted by Crippen LogP contribution is 2.06. The fraction of sp³-hybridized carbons (Fsp3) is 0.880. The first-order valence-electron chi connectivity index (χ1n) is 13.2. The lowest BCUT2D eigenvalue weighted by Gasteiger charge is -2.33. The Balaban J connectivity index is 2.21. The van der Waals surface area contributed by atoms with Crippen LogP contribution >= 0.6 is 0 Å². The minimum atomic E-state index is -0.383. The Morgan fingerprint density at radius 3 is 2.29 bits per heavy atom. The molecule has 0 aliphatic carbocycles. The zero-order chi connectivity index (χ0) is 25.9. The summed E-state index contributed by atoms with van der Waals surface area (Å²) in [6, 6.07) is 0. The third-order valence-corrected chi connectivity index (χ3v) is 6.26. The van der Waals surface area contributed by atoms with Crippen molar-refractivity contribution in [3.8, 4) is 0 Å². The average Bonchev–Trinajstić information content (AvgIpc) is 2.85. The molecule has 0 radical (unpaired) electrons. The quantitative estimate of drug-likeness (QED) is 0.172. The Hall–Kier alpha value is -1.91. The van der Waals surface area contributed by atoms with Gasteiger partial charge in [0, 0.05) is 58.9 Å². The van der Waals surface area contributed by atoms with E-state index in [1.165, 1.54) is 7.11 Å². The van der Waals surface area contributed by atoms with Crippen LogP contribution in [0.5, 0.6) is 0 Å². The molecule has 1 amide bonds. The van der Waals surface area contributed by atoms with Crippen molar-refractivity contribution >= 4 is 18.0 Å². The standard InChI is InChI=1S/C25H48N4O6/c1-5-9-22(6-2)35-25(32)26-12-7-8-21-34-24(31)11-14-28(13-10-23(30)33-4)19-20-29-17-15-27(3)16-18-29/h22H,5-21H2,1-4H3,(H,26,32). The molecule has 10 heteroatoms. The van der Waals surface area contributed by atoms with Crippen LogP contribution in [-0.4, -0.2) is 119 Å². The maximum absolute atomic E-state index is 12.2. The van der Waals surface area contributed by atoms with Crippen LogP contribution in [0.2, 0.25) is 0 Å². The summed E-state index contributed by atoms with van der Waals surface area (Å²) in [5.41, 5.74) is 0. The smallest absolute Gasteiger partial charge is 0.407 e. The average molecular weight is 501 g/mol. The molecule has 1 unspecified atom stereocenters. The van der Waals surface area contributed by atoms with E-state index in [0.29, 0.717) is 45.5 Å². The molecule has 1 N–H and O–H groups in total. The monoisotopic (exact) mass is 500 g/mol. The second kappa shape index (κ2) is 19.3. The number of esters is 2. The van der Waals surface area contributed by atoms with E-state index in [1.54, 1.807) is 0 Å². The highest BCUT2D eigenvalue weighted by molar-refractivity contribution is 5.70. The molecule has 0 spiro atoms. The second-order valence-electron chi connectivity index (χ2n) is 9.14. The highest BCUT2D eigenvalue weighted by atomic mass is 16.6. The maximum Gasteiger partial charge on any atom is 0.407 e. The fourth-order valence-electron chi connectivity index (χ4n) is 3.83. The van der Waals surface area contributed by atoms with E-state index in [2.05, 4.69) is 34.0 Å². The lowest BCUT2D eigenvalue weighted by Crippen LogP contribution is -2.47. The molecule has 1 fully saturated rings. The molecule has 0 aromatic carbocycles. The minimum absolute atomic E-state index is 0.0327. The summed E-state index contributed by atoms with van der Waals surface area (Å²) in [7, 11) is 3.52. The van der Waals surface area contributed by atoms with Crippen molar-refractivity contribution in [2.45, 2.75) is 64.9 Å². The SMILES string of the molecule is CCCC(CC)OC(=O)NCCCCOC(=O)CCN(CCC(=O)OC)CCN1CCN(C)CC1. The molecule has 0 saturated carbocycles. The molecular weight excluding hydrogens is 452 g/mol. The first kappa shape index (κ1) is 31.1. The van der Waals surface area contributed by atoms with Crippen LogP contribution in [0, 0.1) is 0 Å². The lowest BCUT2D eigenvalue weighted by atomic mass is 10.2. The first-order valence-corrected chi connectivity index (χ1v) is 13.2. The number of hydrogen-bond donors (Lipinski definition) is 1. The summed E-state index contributed by atoms with van der Waals surface area (Å²) in [5, 5.41) is 2.75. The zero-order valence-electron chi connectivity index (χ0n) is 22.4. The Kier molecular flexibility index (Phi) is 17.2. The second-order valence-corrected chi connectivity index (χ2v) is 9.14. The number of hydrogen-bond acceptors (Lipinski definition) is 9. The maximum atomic E-state index is 12.2. The largest absolute Gasteiger partial charge is 0.469 e. The van der Waals surface area contributed by atoms with Gasteiger partial charge in [-0.2, -0.15) is 0 Å². The van der Waals surface area contributed by atoms with Crippen molar-refractivity contribution in [2.24, 2.45) is 0 Å². The van der Waals surface area contributed by atoms with Gasteiger partial charge in [0.1, 0.15) is 6.10 Å². The summed E-state index contributed by atoms with van der Waals surface area (Å²) >= 11 is 0. The number of likely N-dealkylation sites (N-methyl/N-ethyl adjacent to an activating group) is 1. The molecule has 35 heavy (non-hydrogen) atoms. The molecule has 1 aliphatic rings. The van der Waals surface area contributed by atoms with Crippen LogP contribution in [0.1, 0.15) is 58.8 Å². The third kappa shape index (κ3) is 15.6. The van der Waals surface area contributed by atoms with Crippen LogP contribution in [0.25, 0.3) is 0 Å². The van der Waals surface area contributed by atoms with Crippen molar-refractivity contribution in [3.63, 3.8) is 0 Å². The molecule has 0 aromatic rings. The van der Waals surface area contributed by atoms with Crippen molar-refractivity contribution in [3.05, 3.63) is 0 Å². The van der Waals surface area contributed by atoms with Crippen LogP contribution < -0.4 is 5.32 Å². The molecule has 1 heterocycles. The summed E-state index contributed by atoms with van der Waals surface area (Å²) < 4.78 is 15.5. The number of piperazine rings is 1. The van der Waals surface area contributed by atoms with E-state index >= 15 is 0 Å². The highest BCUT2D eigenvalue weighted by Gasteiger charge is 2.17. The third-order valence-electron chi connectivity index (χ3n) is 6.26. The number of alkyl carbamates (subject to hydrolysis) is 1. The predicted octanol–water partition coefficient (Wildman–Crippen LogP) is 2.12. The van der Waals surface area contributed by atoms with Crippen molar-refractivity contribution in [2.75, 3.05) is 79.7 Å². The number of methoxy groups -OCH3 is 1. The van der Waals surface area contributed by atoms with Crippen LogP contribution in [0.4, 0.5) is 4.79 Å². The van der Waals surface area contributed by atoms with Gasteiger partial charge in [0.15, 0.2) is 0 Å². The van der Waals surface area contributed by atoms with Gasteiger partial charge in [-0.15, -0.1) is 0 Å². The summed E-state index contributed by atoms with van der Waals surface area (Å²) in [5.74, 6) is -0.490. The Bertz CT molecular complexity index is 599. The van der Waals surface area contributed by atoms with Gasteiger partial charge >= 0.3 is 18.0 Å². The summed E-state index contributed by atoms with van der Waals surface area (Å²) in [6.07, 6.45) is 4.22. The Morgan fingerprint density at radius 1 is 0.971 bits per heavy atom. The fourth-order valence-corrected chi connectivity index (χ4v) is 3.83. The van der Waals surface area contributed by atoms with Crippen LogP contribution in [-0.2, 0) is 23.8 Å². The number of nitrogens with one attached hydrogen (secondary N) is 1. The van der Waals surface area contributed by atoms with E-state index in [-0.39, 0.29) is 30.6 Å². The van der Waals surface area contributed by atoms with E-state index in [4.69, 9.17) is 14.2 Å². The molecule has 204 valence electrons. The predicted molar refractivity (Wildman–Crippen MR) is 135 cm³/mol. The number of amides is 1. The summed E-state index contributed by atoms with van der Waals surface area (Å²) in [6.45, 7) is 11.9. The topological polar surface area (TPSA) is 101 Å². The van der Waals surface area contributed by atoms with Crippen LogP contribution in [0.15, 0.2) is 0 Å². The van der Waals surface area contributed by atoms with Gasteiger partial charge in [0.25, 0.3) is 0 Å². The first-order chi connectivity index (χ1) is 16.9. The molecule has 0 aromatic heterocycles. The molecule has 1 saturated heterocycles. The van der Waals surface area contributed by atoms with Gasteiger partial charge in [-0.25, -0.2) is 4.79 Å². The van der Waals surface area contributed by atoms with Crippen molar-refractivity contribution in [1.82, 2.24) is 20.0 Å². The van der Waals surface area contributed by atoms with Crippen LogP contribution in [0.3, 0.4) is 0 Å². The molecule has 1 rings (SSSR count).